The van der Waals surface area contributed by atoms with Crippen LogP contribution in [0.2, 0.25) is 5.02 Å². The van der Waals surface area contributed by atoms with Crippen molar-refractivity contribution in [2.75, 3.05) is 18.0 Å². The zero-order valence-electron chi connectivity index (χ0n) is 13.7. The van der Waals surface area contributed by atoms with E-state index in [4.69, 9.17) is 11.6 Å². The maximum absolute atomic E-state index is 6.30. The fourth-order valence-electron chi connectivity index (χ4n) is 2.47. The highest BCUT2D eigenvalue weighted by Gasteiger charge is 2.30. The zero-order valence-corrected chi connectivity index (χ0v) is 14.5. The van der Waals surface area contributed by atoms with Crippen LogP contribution < -0.4 is 10.2 Å². The summed E-state index contributed by atoms with van der Waals surface area (Å²) in [6, 6.07) is 2.84. The summed E-state index contributed by atoms with van der Waals surface area (Å²) in [5.74, 6) is 2.37. The Morgan fingerprint density at radius 3 is 2.57 bits per heavy atom. The van der Waals surface area contributed by atoms with Gasteiger partial charge in [-0.2, -0.15) is 0 Å². The van der Waals surface area contributed by atoms with Crippen molar-refractivity contribution in [1.29, 1.82) is 0 Å². The molecule has 0 unspecified atom stereocenters. The third-order valence-corrected chi connectivity index (χ3v) is 3.97. The molecule has 0 amide bonds. The van der Waals surface area contributed by atoms with Crippen molar-refractivity contribution < 1.29 is 0 Å². The highest BCUT2D eigenvalue weighted by atomic mass is 35.5. The predicted octanol–water partition coefficient (Wildman–Crippen LogP) is 4.11. The monoisotopic (exact) mass is 309 g/mol. The van der Waals surface area contributed by atoms with Gasteiger partial charge in [-0.1, -0.05) is 39.3 Å². The van der Waals surface area contributed by atoms with Gasteiger partial charge in [-0.15, -0.1) is 0 Å². The van der Waals surface area contributed by atoms with Crippen molar-refractivity contribution in [3.63, 3.8) is 0 Å². The Bertz CT molecular complexity index is 455. The zero-order chi connectivity index (χ0) is 15.4. The number of rotatable bonds is 8. The molecule has 118 valence electrons. The van der Waals surface area contributed by atoms with Crippen LogP contribution >= 0.6 is 11.6 Å². The van der Waals surface area contributed by atoms with Crippen molar-refractivity contribution in [3.05, 3.63) is 22.8 Å². The van der Waals surface area contributed by atoms with Gasteiger partial charge in [0.1, 0.15) is 5.82 Å². The summed E-state index contributed by atoms with van der Waals surface area (Å²) in [5.41, 5.74) is 1.15. The molecule has 1 saturated carbocycles. The number of halogens is 1. The molecular weight excluding hydrogens is 282 g/mol. The lowest BCUT2D eigenvalue weighted by atomic mass is 10.2. The molecule has 1 N–H and O–H groups in total. The first-order valence-electron chi connectivity index (χ1n) is 8.09. The van der Waals surface area contributed by atoms with E-state index in [1.807, 2.05) is 0 Å². The SMILES string of the molecule is CC(C)CNCc1cc(N(CC(C)C)C2CC2)ncc1Cl. The number of nitrogens with one attached hydrogen (secondary N) is 1. The average molecular weight is 310 g/mol. The number of hydrogen-bond acceptors (Lipinski definition) is 3. The van der Waals surface area contributed by atoms with Gasteiger partial charge in [0.25, 0.3) is 0 Å². The molecular formula is C17H28ClN3. The Kier molecular flexibility index (Phi) is 5.88. The average Bonchev–Trinajstić information content (AvgIpc) is 3.22. The minimum absolute atomic E-state index is 0.644. The third-order valence-electron chi connectivity index (χ3n) is 3.63. The van der Waals surface area contributed by atoms with Crippen LogP contribution in [0.5, 0.6) is 0 Å². The molecule has 0 atom stereocenters. The van der Waals surface area contributed by atoms with Gasteiger partial charge in [0.15, 0.2) is 0 Å². The van der Waals surface area contributed by atoms with Crippen LogP contribution in [0, 0.1) is 11.8 Å². The molecule has 1 aromatic heterocycles. The summed E-state index contributed by atoms with van der Waals surface area (Å²) in [7, 11) is 0. The summed E-state index contributed by atoms with van der Waals surface area (Å²) in [6.07, 6.45) is 4.38. The van der Waals surface area contributed by atoms with Gasteiger partial charge < -0.3 is 10.2 Å². The lowest BCUT2D eigenvalue weighted by Gasteiger charge is -2.26. The Hall–Kier alpha value is -0.800. The standard InChI is InChI=1S/C17H28ClN3/c1-12(2)8-19-9-14-7-17(20-10-16(14)18)21(11-13(3)4)15-5-6-15/h7,10,12-13,15,19H,5-6,8-9,11H2,1-4H3. The topological polar surface area (TPSA) is 28.2 Å². The van der Waals surface area contributed by atoms with E-state index in [0.29, 0.717) is 17.9 Å². The highest BCUT2D eigenvalue weighted by molar-refractivity contribution is 6.31. The lowest BCUT2D eigenvalue weighted by Crippen LogP contribution is -2.30. The minimum atomic E-state index is 0.644. The number of anilines is 1. The van der Waals surface area contributed by atoms with E-state index in [0.717, 1.165) is 36.0 Å². The third kappa shape index (κ3) is 5.15. The van der Waals surface area contributed by atoms with Crippen LogP contribution in [0.3, 0.4) is 0 Å². The fourth-order valence-corrected chi connectivity index (χ4v) is 2.64. The molecule has 21 heavy (non-hydrogen) atoms. The van der Waals surface area contributed by atoms with E-state index >= 15 is 0 Å². The van der Waals surface area contributed by atoms with Crippen LogP contribution in [0.15, 0.2) is 12.3 Å². The molecule has 0 aliphatic heterocycles. The second kappa shape index (κ2) is 7.46. The van der Waals surface area contributed by atoms with Gasteiger partial charge in [-0.25, -0.2) is 4.98 Å². The van der Waals surface area contributed by atoms with E-state index in [1.165, 1.54) is 12.8 Å². The highest BCUT2D eigenvalue weighted by Crippen LogP contribution is 2.32. The van der Waals surface area contributed by atoms with Crippen LogP contribution in [-0.4, -0.2) is 24.1 Å². The summed E-state index contributed by atoms with van der Waals surface area (Å²) in [6.45, 7) is 11.8. The van der Waals surface area contributed by atoms with Crippen molar-refractivity contribution in [1.82, 2.24) is 10.3 Å². The Morgan fingerprint density at radius 2 is 2.00 bits per heavy atom. The van der Waals surface area contributed by atoms with E-state index in [1.54, 1.807) is 6.20 Å². The van der Waals surface area contributed by atoms with Crippen LogP contribution in [-0.2, 0) is 6.54 Å². The number of hydrogen-bond donors (Lipinski definition) is 1. The second-order valence-corrected chi connectivity index (χ2v) is 7.34. The summed E-state index contributed by atoms with van der Waals surface area (Å²) in [5, 5.41) is 4.22. The summed E-state index contributed by atoms with van der Waals surface area (Å²) < 4.78 is 0. The molecule has 1 heterocycles. The quantitative estimate of drug-likeness (QED) is 0.783. The van der Waals surface area contributed by atoms with Gasteiger partial charge in [0.2, 0.25) is 0 Å². The molecule has 1 aromatic rings. The maximum Gasteiger partial charge on any atom is 0.129 e. The first kappa shape index (κ1) is 16.6. The van der Waals surface area contributed by atoms with Gasteiger partial charge in [0, 0.05) is 25.3 Å². The number of nitrogens with zero attached hydrogens (tertiary/aromatic N) is 2. The van der Waals surface area contributed by atoms with E-state index < -0.39 is 0 Å². The molecule has 0 spiro atoms. The molecule has 3 nitrogen and oxygen atoms in total. The lowest BCUT2D eigenvalue weighted by molar-refractivity contribution is 0.552. The van der Waals surface area contributed by atoms with Crippen molar-refractivity contribution >= 4 is 17.4 Å². The van der Waals surface area contributed by atoms with Gasteiger partial charge in [-0.3, -0.25) is 0 Å². The molecule has 0 bridgehead atoms. The summed E-state index contributed by atoms with van der Waals surface area (Å²) >= 11 is 6.30. The van der Waals surface area contributed by atoms with E-state index in [9.17, 15) is 0 Å². The van der Waals surface area contributed by atoms with Crippen molar-refractivity contribution in [2.24, 2.45) is 11.8 Å². The number of aromatic nitrogens is 1. The molecule has 4 heteroatoms. The van der Waals surface area contributed by atoms with Gasteiger partial charge in [0.05, 0.1) is 5.02 Å². The van der Waals surface area contributed by atoms with Gasteiger partial charge in [-0.05, 0) is 42.9 Å². The van der Waals surface area contributed by atoms with Crippen molar-refractivity contribution in [2.45, 2.75) is 53.1 Å². The smallest absolute Gasteiger partial charge is 0.129 e. The minimum Gasteiger partial charge on any atom is -0.353 e. The summed E-state index contributed by atoms with van der Waals surface area (Å²) in [4.78, 5) is 7.01. The Morgan fingerprint density at radius 1 is 1.29 bits per heavy atom. The van der Waals surface area contributed by atoms with E-state index in [-0.39, 0.29) is 0 Å². The Balaban J connectivity index is 2.08. The molecule has 2 rings (SSSR count). The molecule has 0 saturated heterocycles. The first-order valence-corrected chi connectivity index (χ1v) is 8.47. The normalized spacial score (nSPS) is 15.0. The largest absolute Gasteiger partial charge is 0.353 e. The van der Waals surface area contributed by atoms with E-state index in [2.05, 4.69) is 49.0 Å². The molecule has 1 fully saturated rings. The molecule has 1 aliphatic carbocycles. The second-order valence-electron chi connectivity index (χ2n) is 6.94. The number of pyridine rings is 1. The Labute approximate surface area is 134 Å². The van der Waals surface area contributed by atoms with Crippen LogP contribution in [0.1, 0.15) is 46.1 Å². The van der Waals surface area contributed by atoms with Crippen LogP contribution in [0.25, 0.3) is 0 Å². The van der Waals surface area contributed by atoms with Gasteiger partial charge >= 0.3 is 0 Å². The first-order chi connectivity index (χ1) is 9.97. The predicted molar refractivity (Wildman–Crippen MR) is 91.0 cm³/mol. The van der Waals surface area contributed by atoms with Crippen LogP contribution in [0.4, 0.5) is 5.82 Å². The molecule has 0 aromatic carbocycles. The maximum atomic E-state index is 6.30. The molecule has 1 aliphatic rings. The molecule has 0 radical (unpaired) electrons. The van der Waals surface area contributed by atoms with Crippen molar-refractivity contribution in [3.8, 4) is 0 Å². The fraction of sp³-hybridized carbons (Fsp3) is 0.706.